The van der Waals surface area contributed by atoms with E-state index >= 15 is 0 Å². The van der Waals surface area contributed by atoms with Crippen LogP contribution in [-0.4, -0.2) is 39.4 Å². The van der Waals surface area contributed by atoms with Crippen molar-refractivity contribution in [2.75, 3.05) is 13.2 Å². The molecule has 1 aliphatic rings. The first-order valence-electron chi connectivity index (χ1n) is 11.5. The number of tetrazole rings is 1. The Bertz CT molecular complexity index is 1040. The highest BCUT2D eigenvalue weighted by Crippen LogP contribution is 2.37. The van der Waals surface area contributed by atoms with Crippen LogP contribution in [0.3, 0.4) is 0 Å². The van der Waals surface area contributed by atoms with Crippen LogP contribution in [0, 0.1) is 0 Å². The summed E-state index contributed by atoms with van der Waals surface area (Å²) in [6, 6.07) is 18.7. The molecule has 0 amide bonds. The highest BCUT2D eigenvalue weighted by atomic mass is 35.5. The first kappa shape index (κ1) is 30.0. The standard InChI is InChI=1S/C24H29F3N6O.2ClH/c1-2-3-14-34-23(19-12-8-5-9-13-19)21(28-16-18-10-6-4-7-11-18)15-20(17-29-23)33-22(24(25,26)27)30-31-32-33;;/h4-13,20-21,28-29H,2-3,14-17H2,1H3;2*1H/t20?,21-,23-;;/m0../s1. The van der Waals surface area contributed by atoms with Gasteiger partial charge in [0.1, 0.15) is 0 Å². The zero-order valence-electron chi connectivity index (χ0n) is 19.8. The number of alkyl halides is 3. The molecule has 0 bridgehead atoms. The third-order valence-electron chi connectivity index (χ3n) is 6.12. The Morgan fingerprint density at radius 2 is 1.75 bits per heavy atom. The van der Waals surface area contributed by atoms with Gasteiger partial charge >= 0.3 is 6.18 Å². The number of halogens is 5. The van der Waals surface area contributed by atoms with Crippen molar-refractivity contribution in [3.63, 3.8) is 0 Å². The van der Waals surface area contributed by atoms with Gasteiger partial charge in [-0.25, -0.2) is 4.68 Å². The summed E-state index contributed by atoms with van der Waals surface area (Å²) in [6.07, 6.45) is -2.46. The van der Waals surface area contributed by atoms with Crippen molar-refractivity contribution >= 4 is 24.8 Å². The van der Waals surface area contributed by atoms with Gasteiger partial charge in [0.25, 0.3) is 5.82 Å². The van der Waals surface area contributed by atoms with Gasteiger partial charge in [-0.2, -0.15) is 13.2 Å². The Morgan fingerprint density at radius 3 is 2.39 bits per heavy atom. The molecule has 2 heterocycles. The highest BCUT2D eigenvalue weighted by molar-refractivity contribution is 5.85. The second-order valence-electron chi connectivity index (χ2n) is 8.44. The third kappa shape index (κ3) is 6.74. The van der Waals surface area contributed by atoms with Crippen LogP contribution in [0.5, 0.6) is 0 Å². The molecule has 1 saturated heterocycles. The number of nitrogens with one attached hydrogen (secondary N) is 2. The maximum absolute atomic E-state index is 13.5. The molecule has 3 atom stereocenters. The minimum atomic E-state index is -4.64. The number of nitrogens with zero attached hydrogens (tertiary/aromatic N) is 4. The van der Waals surface area contributed by atoms with Crippen molar-refractivity contribution in [2.24, 2.45) is 0 Å². The van der Waals surface area contributed by atoms with Crippen LogP contribution >= 0.6 is 24.8 Å². The topological polar surface area (TPSA) is 76.9 Å². The predicted octanol–water partition coefficient (Wildman–Crippen LogP) is 4.90. The van der Waals surface area contributed by atoms with Gasteiger partial charge in [0.15, 0.2) is 5.72 Å². The van der Waals surface area contributed by atoms with E-state index in [0.717, 1.165) is 28.7 Å². The molecule has 0 saturated carbocycles. The van der Waals surface area contributed by atoms with Crippen LogP contribution < -0.4 is 10.6 Å². The van der Waals surface area contributed by atoms with E-state index in [9.17, 15) is 13.2 Å². The van der Waals surface area contributed by atoms with E-state index in [1.54, 1.807) is 0 Å². The van der Waals surface area contributed by atoms with E-state index in [0.29, 0.717) is 19.6 Å². The summed E-state index contributed by atoms with van der Waals surface area (Å²) in [4.78, 5) is 0. The summed E-state index contributed by atoms with van der Waals surface area (Å²) in [5.74, 6) is -1.10. The Hall–Kier alpha value is -2.24. The van der Waals surface area contributed by atoms with E-state index in [-0.39, 0.29) is 37.4 Å². The van der Waals surface area contributed by atoms with Crippen LogP contribution in [0.2, 0.25) is 0 Å². The van der Waals surface area contributed by atoms with Crippen molar-refractivity contribution in [2.45, 2.75) is 56.7 Å². The molecule has 0 radical (unpaired) electrons. The maximum atomic E-state index is 13.5. The van der Waals surface area contributed by atoms with Crippen molar-refractivity contribution in [3.8, 4) is 0 Å². The highest BCUT2D eigenvalue weighted by Gasteiger charge is 2.48. The fraction of sp³-hybridized carbons (Fsp3) is 0.458. The second kappa shape index (κ2) is 13.3. The van der Waals surface area contributed by atoms with Gasteiger partial charge in [-0.3, -0.25) is 5.32 Å². The molecule has 12 heteroatoms. The number of hydrogen-bond donors (Lipinski definition) is 2. The van der Waals surface area contributed by atoms with Crippen molar-refractivity contribution < 1.29 is 17.9 Å². The van der Waals surface area contributed by atoms with Gasteiger partial charge in [-0.05, 0) is 28.8 Å². The first-order valence-corrected chi connectivity index (χ1v) is 11.5. The predicted molar refractivity (Wildman–Crippen MR) is 135 cm³/mol. The summed E-state index contributed by atoms with van der Waals surface area (Å²) < 4.78 is 47.9. The minimum absolute atomic E-state index is 0. The summed E-state index contributed by atoms with van der Waals surface area (Å²) in [5.41, 5.74) is 1.08. The molecule has 0 spiro atoms. The average Bonchev–Trinajstić information content (AvgIpc) is 3.35. The lowest BCUT2D eigenvalue weighted by atomic mass is 9.85. The molecule has 36 heavy (non-hydrogen) atoms. The zero-order chi connectivity index (χ0) is 24.0. The summed E-state index contributed by atoms with van der Waals surface area (Å²) >= 11 is 0. The zero-order valence-corrected chi connectivity index (χ0v) is 21.5. The number of piperidine rings is 1. The number of aromatic nitrogens is 4. The molecule has 1 aromatic heterocycles. The van der Waals surface area contributed by atoms with Gasteiger partial charge in [0.2, 0.25) is 0 Å². The van der Waals surface area contributed by atoms with Gasteiger partial charge in [0, 0.05) is 25.3 Å². The summed E-state index contributed by atoms with van der Waals surface area (Å²) in [6.45, 7) is 3.36. The van der Waals surface area contributed by atoms with Crippen LogP contribution in [0.4, 0.5) is 13.2 Å². The van der Waals surface area contributed by atoms with E-state index in [2.05, 4.69) is 33.1 Å². The van der Waals surface area contributed by atoms with Crippen LogP contribution in [0.15, 0.2) is 60.7 Å². The molecular weight excluding hydrogens is 516 g/mol. The summed E-state index contributed by atoms with van der Waals surface area (Å²) in [5, 5.41) is 17.2. The largest absolute Gasteiger partial charge is 0.453 e. The lowest BCUT2D eigenvalue weighted by molar-refractivity contribution is -0.152. The number of ether oxygens (including phenoxy) is 1. The van der Waals surface area contributed by atoms with Gasteiger partial charge < -0.3 is 10.1 Å². The average molecular weight is 547 g/mol. The number of unbranched alkanes of at least 4 members (excludes halogenated alkanes) is 1. The lowest BCUT2D eigenvalue weighted by Gasteiger charge is -2.47. The smallest absolute Gasteiger partial charge is 0.355 e. The monoisotopic (exact) mass is 546 g/mol. The van der Waals surface area contributed by atoms with E-state index in [1.807, 2.05) is 60.7 Å². The van der Waals surface area contributed by atoms with Crippen LogP contribution in [0.25, 0.3) is 0 Å². The number of benzene rings is 2. The van der Waals surface area contributed by atoms with E-state index < -0.39 is 23.8 Å². The molecular formula is C24H31Cl2F3N6O. The van der Waals surface area contributed by atoms with Gasteiger partial charge in [-0.1, -0.05) is 74.0 Å². The molecule has 2 N–H and O–H groups in total. The quantitative estimate of drug-likeness (QED) is 0.372. The minimum Gasteiger partial charge on any atom is -0.355 e. The normalized spacial score (nSPS) is 21.9. The van der Waals surface area contributed by atoms with Gasteiger partial charge in [-0.15, -0.1) is 29.9 Å². The molecule has 1 aliphatic heterocycles. The van der Waals surface area contributed by atoms with E-state index in [1.165, 1.54) is 0 Å². The molecule has 0 aliphatic carbocycles. The first-order chi connectivity index (χ1) is 16.4. The number of hydrogen-bond acceptors (Lipinski definition) is 6. The third-order valence-corrected chi connectivity index (χ3v) is 6.12. The van der Waals surface area contributed by atoms with Crippen molar-refractivity contribution in [3.05, 3.63) is 77.6 Å². The van der Waals surface area contributed by atoms with E-state index in [4.69, 9.17) is 4.74 Å². The van der Waals surface area contributed by atoms with Crippen molar-refractivity contribution in [1.82, 2.24) is 30.8 Å². The van der Waals surface area contributed by atoms with Crippen molar-refractivity contribution in [1.29, 1.82) is 0 Å². The Kier molecular flexibility index (Phi) is 11.1. The molecule has 2 aromatic carbocycles. The Balaban J connectivity index is 0.00000228. The number of rotatable bonds is 9. The fourth-order valence-electron chi connectivity index (χ4n) is 4.39. The lowest BCUT2D eigenvalue weighted by Crippen LogP contribution is -2.64. The molecule has 198 valence electrons. The molecule has 1 unspecified atom stereocenters. The SMILES string of the molecule is CCCCO[C@]1(c2ccccc2)NCC(n2nnnc2C(F)(F)F)C[C@@H]1NCc1ccccc1.Cl.Cl. The maximum Gasteiger partial charge on any atom is 0.453 e. The Labute approximate surface area is 221 Å². The Morgan fingerprint density at radius 1 is 1.08 bits per heavy atom. The molecule has 1 fully saturated rings. The fourth-order valence-corrected chi connectivity index (χ4v) is 4.39. The summed E-state index contributed by atoms with van der Waals surface area (Å²) in [7, 11) is 0. The van der Waals surface area contributed by atoms with Crippen LogP contribution in [0.1, 0.15) is 49.2 Å². The molecule has 7 nitrogen and oxygen atoms in total. The molecule has 3 aromatic rings. The van der Waals surface area contributed by atoms with Gasteiger partial charge in [0.05, 0.1) is 12.1 Å². The second-order valence-corrected chi connectivity index (χ2v) is 8.44. The van der Waals surface area contributed by atoms with Crippen LogP contribution in [-0.2, 0) is 23.2 Å². The molecule has 4 rings (SSSR count).